The Kier molecular flexibility index (Phi) is 23.7. The first-order chi connectivity index (χ1) is 59.9. The summed E-state index contributed by atoms with van der Waals surface area (Å²) in [6.45, 7) is 8.58. The molecule has 18 aromatic rings. The first-order valence-electron chi connectivity index (χ1n) is 41.3. The fourth-order valence-electron chi connectivity index (χ4n) is 15.5. The van der Waals surface area contributed by atoms with Crippen molar-refractivity contribution >= 4 is 142 Å². The molecule has 0 saturated carbocycles. The first kappa shape index (κ1) is 73.9. The summed E-state index contributed by atoms with van der Waals surface area (Å²) >= 11 is 0. The summed E-state index contributed by atoms with van der Waals surface area (Å²) in [7, 11) is 2.01. The normalized spacial score (nSPS) is 11.3. The third kappa shape index (κ3) is 18.0. The van der Waals surface area contributed by atoms with Gasteiger partial charge in [0.25, 0.3) is 0 Å². The van der Waals surface area contributed by atoms with E-state index in [4.69, 9.17) is 5.51 Å². The Morgan fingerprint density at radius 2 is 0.424 bits per heavy atom. The maximum absolute atomic E-state index is 6.24. The lowest BCUT2D eigenvalue weighted by molar-refractivity contribution is 1.24. The third-order valence-electron chi connectivity index (χ3n) is 21.0. The third-order valence-corrected chi connectivity index (χ3v) is 21.0. The molecule has 0 heterocycles. The predicted octanol–water partition coefficient (Wildman–Crippen LogP) is 31.7. The number of fused-ring (bicyclic) bond motifs is 2. The zero-order chi connectivity index (χ0) is 84.1. The van der Waals surface area contributed by atoms with Crippen molar-refractivity contribution in [3.63, 3.8) is 0 Å². The zero-order valence-electron chi connectivity index (χ0n) is 70.3. The average molecular weight is 1570 g/mol. The lowest BCUT2D eigenvalue weighted by Gasteiger charge is -2.29. The highest BCUT2D eigenvalue weighted by molar-refractivity contribution is 7.13. The van der Waals surface area contributed by atoms with Crippen molar-refractivity contribution in [2.24, 2.45) is 5.49 Å². The molecule has 0 aromatic heterocycles. The number of hydrogen-bond donors (Lipinski definition) is 2. The van der Waals surface area contributed by atoms with E-state index in [-0.39, 0.29) is 0 Å². The number of para-hydroxylation sites is 4. The molecular formula is C108H92N8P2. The second-order valence-corrected chi connectivity index (χ2v) is 28.9. The van der Waals surface area contributed by atoms with E-state index in [2.05, 4.69) is 520 Å². The van der Waals surface area contributed by atoms with Gasteiger partial charge in [0.2, 0.25) is 0 Å². The SMILES string of the molecule is Cc1cccc(N(c2ccc(N(c3ccccc3)c3ccc(-c4ccc(N(c5ccccc5)c5ccc(N(c6cccc(C)c6)c6cccc(C)c6)cc5)cc4)cc3)cc2)c2cccc(C)c2)c1.[2H]N=P.[2H]PN([2H])[3H].c1ccc(N(c2ccc(-c3ccc(N(c4ccccc4)c4cccc5ccccc45)cc3)cc2)c2cccc3ccccc23)cc1. The van der Waals surface area contributed by atoms with Crippen molar-refractivity contribution in [3.05, 3.63) is 471 Å². The molecule has 0 saturated heterocycles. The van der Waals surface area contributed by atoms with Gasteiger partial charge in [-0.25, -0.2) is 0 Å². The summed E-state index contributed by atoms with van der Waals surface area (Å²) in [5, 5.41) is 7.46. The van der Waals surface area contributed by atoms with E-state index >= 15 is 0 Å². The summed E-state index contributed by atoms with van der Waals surface area (Å²) < 4.78 is 24.3. The van der Waals surface area contributed by atoms with Crippen LogP contribution in [0.1, 0.15) is 22.3 Å². The van der Waals surface area contributed by atoms with Crippen LogP contribution in [-0.2, 0) is 0 Å². The highest BCUT2D eigenvalue weighted by Gasteiger charge is 2.22. The maximum Gasteiger partial charge on any atom is 0.192 e. The van der Waals surface area contributed by atoms with Crippen LogP contribution in [0.25, 0.3) is 43.8 Å². The molecule has 3 N–H and O–H groups in total. The van der Waals surface area contributed by atoms with Gasteiger partial charge < -0.3 is 34.9 Å². The molecule has 10 heteroatoms. The number of hydrogen-bond acceptors (Lipinski definition) is 8. The van der Waals surface area contributed by atoms with Crippen molar-refractivity contribution < 1.29 is 4.24 Å². The van der Waals surface area contributed by atoms with E-state index in [1.54, 1.807) is 0 Å². The number of anilines is 18. The monoisotopic (exact) mass is 1570 g/mol. The molecule has 1 atom stereocenters. The smallest absolute Gasteiger partial charge is 0.192 e. The van der Waals surface area contributed by atoms with Crippen molar-refractivity contribution in [2.75, 3.05) is 29.4 Å². The Morgan fingerprint density at radius 1 is 0.246 bits per heavy atom. The van der Waals surface area contributed by atoms with Crippen LogP contribution in [0.2, 0.25) is 4.24 Å². The second-order valence-electron chi connectivity index (χ2n) is 28.9. The van der Waals surface area contributed by atoms with E-state index in [9.17, 15) is 0 Å². The quantitative estimate of drug-likeness (QED) is 0.0695. The van der Waals surface area contributed by atoms with Crippen molar-refractivity contribution in [2.45, 2.75) is 27.7 Å². The van der Waals surface area contributed by atoms with Crippen LogP contribution in [0.15, 0.2) is 449 Å². The van der Waals surface area contributed by atoms with Crippen LogP contribution in [0.4, 0.5) is 102 Å². The molecule has 0 aliphatic carbocycles. The molecule has 0 aliphatic heterocycles. The number of nitrogens with two attached hydrogens (primary N) is 1. The number of benzene rings is 18. The zero-order valence-corrected chi connectivity index (χ0v) is 68.3. The van der Waals surface area contributed by atoms with Gasteiger partial charge in [-0.05, 0) is 298 Å². The molecule has 0 amide bonds. The van der Waals surface area contributed by atoms with Crippen LogP contribution >= 0.6 is 18.4 Å². The molecule has 0 radical (unpaired) electrons. The van der Waals surface area contributed by atoms with Gasteiger partial charge >= 0.3 is 0 Å². The largest absolute Gasteiger partial charge is 0.314 e. The highest BCUT2D eigenvalue weighted by Crippen LogP contribution is 2.46. The van der Waals surface area contributed by atoms with Gasteiger partial charge in [-0.3, -0.25) is 5.15 Å². The Hall–Kier alpha value is -14.2. The molecule has 0 aliphatic rings. The Bertz CT molecular complexity index is 5950. The first-order valence-corrected chi connectivity index (χ1v) is 40.4. The number of nitrogens with one attached hydrogen (secondary N) is 1. The van der Waals surface area contributed by atoms with Crippen LogP contribution < -0.4 is 34.9 Å². The minimum atomic E-state index is -0.469. The Balaban J connectivity index is 0.000000185. The van der Waals surface area contributed by atoms with Gasteiger partial charge in [0.05, 0.1) is 12.7 Å². The molecule has 18 aromatic carbocycles. The molecular weight excluding hydrogens is 1470 g/mol. The van der Waals surface area contributed by atoms with Gasteiger partial charge in [-0.2, -0.15) is 0 Å². The van der Waals surface area contributed by atoms with Crippen LogP contribution in [0.5, 0.6) is 0 Å². The standard InChI is InChI=1S/C64H54N4.C44H32N2.H4NP.H2NP/c1-47-15-11-23-61(43-47)67(62-24-12-16-48(2)44-62)59-39-35-57(36-40-59)65(53-19-7-5-8-20-53)55-31-27-51(28-32-55)52-29-33-56(34-30-52)66(54-21-9-6-10-22-54)58-37-41-60(42-38-58)68(63-25-13-17-49(3)45-63)64-26-14-18-50(4)46-64;1-3-17-37(18-4-1)45(43-23-11-15-35-13-7-9-21-41(35)43)39-29-25-33(26-30-39)34-27-31-40(32-28-34)46(38-19-5-2-6-20-38)44-24-12-16-36-14-8-10-22-42(36)44;2*1-2/h5-46H,1-4H3;1-32H;1-2H2;1-2H/i;;2D;/hTD2. The molecule has 1 unspecified atom stereocenters. The van der Waals surface area contributed by atoms with Crippen molar-refractivity contribution in [1.82, 2.24) is 0 Å². The van der Waals surface area contributed by atoms with E-state index in [0.717, 1.165) is 113 Å². The van der Waals surface area contributed by atoms with Crippen LogP contribution in [0.3, 0.4) is 0 Å². The van der Waals surface area contributed by atoms with E-state index in [0.29, 0.717) is 5.49 Å². The Morgan fingerprint density at radius 3 is 0.669 bits per heavy atom. The van der Waals surface area contributed by atoms with Crippen LogP contribution in [-0.4, -0.2) is 1.28 Å². The number of nitrogens with zero attached hydrogens (tertiary/aromatic N) is 6. The summed E-state index contributed by atoms with van der Waals surface area (Å²) in [5.74, 6) is 0. The number of aryl methyl sites for hydroxylation is 4. The average Bonchev–Trinajstić information content (AvgIpc) is 0.776. The summed E-state index contributed by atoms with van der Waals surface area (Å²) in [6.07, 6.45) is 0. The topological polar surface area (TPSA) is 69.3 Å². The van der Waals surface area contributed by atoms with Crippen molar-refractivity contribution in [3.8, 4) is 22.3 Å². The number of rotatable bonds is 21. The van der Waals surface area contributed by atoms with Crippen LogP contribution in [0, 0.1) is 32.8 Å². The highest BCUT2D eigenvalue weighted by atomic mass is 31.0. The molecule has 0 fully saturated rings. The predicted molar refractivity (Wildman–Crippen MR) is 511 cm³/mol. The van der Waals surface area contributed by atoms with Gasteiger partial charge in [0.1, 0.15) is 2.82 Å². The molecule has 574 valence electrons. The van der Waals surface area contributed by atoms with Gasteiger partial charge in [-0.1, -0.05) is 252 Å². The fraction of sp³-hybridized carbons (Fsp3) is 0.0370. The summed E-state index contributed by atoms with van der Waals surface area (Å²) in [6, 6.07) is 161. The molecule has 118 heavy (non-hydrogen) atoms. The molecule has 18 rings (SSSR count). The molecule has 0 bridgehead atoms. The fourth-order valence-corrected chi connectivity index (χ4v) is 15.5. The van der Waals surface area contributed by atoms with Crippen molar-refractivity contribution in [1.29, 1.82) is 6.43 Å². The Labute approximate surface area is 704 Å². The van der Waals surface area contributed by atoms with Gasteiger partial charge in [0.15, 0.2) is 1.41 Å². The minimum absolute atomic E-state index is 0.319. The molecule has 0 spiro atoms. The van der Waals surface area contributed by atoms with Gasteiger partial charge in [-0.15, -0.1) is 0 Å². The van der Waals surface area contributed by atoms with E-state index < -0.39 is 9.34 Å². The second kappa shape index (κ2) is 37.8. The minimum Gasteiger partial charge on any atom is -0.314 e. The summed E-state index contributed by atoms with van der Waals surface area (Å²) in [4.78, 5) is 14.0. The molecule has 8 nitrogen and oxygen atoms in total. The summed E-state index contributed by atoms with van der Waals surface area (Å²) in [5.41, 5.74) is 30.0. The van der Waals surface area contributed by atoms with Gasteiger partial charge in [0, 0.05) is 102 Å². The van der Waals surface area contributed by atoms with E-state index in [1.165, 1.54) is 54.9 Å². The lowest BCUT2D eigenvalue weighted by Crippen LogP contribution is -2.12. The van der Waals surface area contributed by atoms with E-state index in [1.807, 2.05) is 0 Å². The maximum atomic E-state index is 6.24. The lowest BCUT2D eigenvalue weighted by atomic mass is 10.0.